The van der Waals surface area contributed by atoms with Gasteiger partial charge in [-0.3, -0.25) is 0 Å². The molecule has 0 radical (unpaired) electrons. The largest absolute Gasteiger partial charge is 0.456 e. The second kappa shape index (κ2) is 9.54. The number of para-hydroxylation sites is 1. The maximum atomic E-state index is 6.58. The van der Waals surface area contributed by atoms with Gasteiger partial charge in [0.05, 0.1) is 5.41 Å². The van der Waals surface area contributed by atoms with Gasteiger partial charge in [-0.05, 0) is 103 Å². The van der Waals surface area contributed by atoms with Crippen LogP contribution in [0.3, 0.4) is 0 Å². The van der Waals surface area contributed by atoms with E-state index in [0.29, 0.717) is 0 Å². The van der Waals surface area contributed by atoms with Gasteiger partial charge in [0, 0.05) is 10.9 Å². The molecule has 0 fully saturated rings. The van der Waals surface area contributed by atoms with Gasteiger partial charge in [0.1, 0.15) is 11.5 Å². The van der Waals surface area contributed by atoms with Crippen molar-refractivity contribution >= 4 is 21.5 Å². The van der Waals surface area contributed by atoms with Gasteiger partial charge in [0.2, 0.25) is 0 Å². The van der Waals surface area contributed by atoms with Crippen LogP contribution in [0.15, 0.2) is 170 Å². The molecule has 1 nitrogen and oxygen atoms in total. The third-order valence-corrected chi connectivity index (χ3v) is 10.1. The summed E-state index contributed by atoms with van der Waals surface area (Å²) < 4.78 is 6.58. The van der Waals surface area contributed by atoms with Gasteiger partial charge in [-0.1, -0.05) is 133 Å². The van der Waals surface area contributed by atoms with Gasteiger partial charge >= 0.3 is 0 Å². The fourth-order valence-corrected chi connectivity index (χ4v) is 8.11. The summed E-state index contributed by atoms with van der Waals surface area (Å²) in [5.74, 6) is 1.82. The third-order valence-electron chi connectivity index (χ3n) is 10.1. The summed E-state index contributed by atoms with van der Waals surface area (Å²) in [6.45, 7) is 0. The van der Waals surface area contributed by atoms with Gasteiger partial charge < -0.3 is 4.74 Å². The van der Waals surface area contributed by atoms with E-state index in [0.717, 1.165) is 22.6 Å². The lowest BCUT2D eigenvalue weighted by molar-refractivity contribution is 0.487. The molecule has 1 heterocycles. The molecule has 0 atom stereocenters. The minimum atomic E-state index is -0.471. The molecule has 1 aliphatic heterocycles. The number of ether oxygens (including phenoxy) is 1. The molecule has 1 heteroatoms. The lowest BCUT2D eigenvalue weighted by atomic mass is 9.67. The van der Waals surface area contributed by atoms with Crippen molar-refractivity contribution in [3.8, 4) is 44.9 Å². The highest BCUT2D eigenvalue weighted by molar-refractivity contribution is 6.06. The number of hydrogen-bond acceptors (Lipinski definition) is 1. The van der Waals surface area contributed by atoms with Crippen molar-refractivity contribution in [2.45, 2.75) is 5.41 Å². The molecule has 2 aliphatic rings. The van der Waals surface area contributed by atoms with Crippen molar-refractivity contribution in [1.82, 2.24) is 0 Å². The van der Waals surface area contributed by atoms with Gasteiger partial charge in [0.15, 0.2) is 0 Å². The molecule has 0 unspecified atom stereocenters. The second-order valence-electron chi connectivity index (χ2n) is 12.5. The Balaban J connectivity index is 1.27. The highest BCUT2D eigenvalue weighted by Gasteiger charge is 2.46. The lowest BCUT2D eigenvalue weighted by Gasteiger charge is -2.34. The minimum absolute atomic E-state index is 0.471. The zero-order valence-electron chi connectivity index (χ0n) is 25.1. The van der Waals surface area contributed by atoms with Gasteiger partial charge in [-0.15, -0.1) is 0 Å². The minimum Gasteiger partial charge on any atom is -0.456 e. The maximum absolute atomic E-state index is 6.58. The first-order valence-corrected chi connectivity index (χ1v) is 15.9. The Kier molecular flexibility index (Phi) is 5.27. The van der Waals surface area contributed by atoms with Crippen LogP contribution in [-0.4, -0.2) is 0 Å². The Morgan fingerprint density at radius 1 is 0.348 bits per heavy atom. The maximum Gasteiger partial charge on any atom is 0.136 e. The normalized spacial score (nSPS) is 13.6. The SMILES string of the molecule is c1ccc(C2(c3ccccc3)c3cc(-c4cc5c6c(cccc6c4)-c4ccccc4O5)ccc3-c3cc4ccccc4cc32)cc1. The van der Waals surface area contributed by atoms with Crippen LogP contribution in [0.4, 0.5) is 0 Å². The molecule has 0 spiro atoms. The van der Waals surface area contributed by atoms with E-state index < -0.39 is 5.41 Å². The van der Waals surface area contributed by atoms with Crippen molar-refractivity contribution in [3.63, 3.8) is 0 Å². The van der Waals surface area contributed by atoms with E-state index in [1.54, 1.807) is 0 Å². The van der Waals surface area contributed by atoms with Crippen molar-refractivity contribution in [3.05, 3.63) is 192 Å². The molecular formula is C45H28O. The Morgan fingerprint density at radius 2 is 0.978 bits per heavy atom. The van der Waals surface area contributed by atoms with E-state index in [1.807, 2.05) is 6.07 Å². The quantitative estimate of drug-likeness (QED) is 0.201. The van der Waals surface area contributed by atoms with Crippen molar-refractivity contribution in [2.75, 3.05) is 0 Å². The molecule has 10 rings (SSSR count). The third kappa shape index (κ3) is 3.46. The van der Waals surface area contributed by atoms with E-state index in [2.05, 4.69) is 164 Å². The molecule has 0 saturated heterocycles. The highest BCUT2D eigenvalue weighted by Crippen LogP contribution is 2.58. The van der Waals surface area contributed by atoms with Crippen LogP contribution in [0.1, 0.15) is 22.3 Å². The average Bonchev–Trinajstić information content (AvgIpc) is 3.40. The molecule has 8 aromatic carbocycles. The monoisotopic (exact) mass is 584 g/mol. The van der Waals surface area contributed by atoms with Gasteiger partial charge in [-0.2, -0.15) is 0 Å². The van der Waals surface area contributed by atoms with Gasteiger partial charge in [0.25, 0.3) is 0 Å². The summed E-state index contributed by atoms with van der Waals surface area (Å²) >= 11 is 0. The van der Waals surface area contributed by atoms with Crippen LogP contribution >= 0.6 is 0 Å². The smallest absolute Gasteiger partial charge is 0.136 e. The summed E-state index contributed by atoms with van der Waals surface area (Å²) in [5.41, 5.74) is 12.0. The highest BCUT2D eigenvalue weighted by atomic mass is 16.5. The Hall–Kier alpha value is -5.92. The summed E-state index contributed by atoms with van der Waals surface area (Å²) in [5, 5.41) is 4.88. The summed E-state index contributed by atoms with van der Waals surface area (Å²) in [7, 11) is 0. The van der Waals surface area contributed by atoms with Crippen LogP contribution in [0.2, 0.25) is 0 Å². The van der Waals surface area contributed by atoms with Crippen LogP contribution in [-0.2, 0) is 5.41 Å². The molecule has 214 valence electrons. The summed E-state index contributed by atoms with van der Waals surface area (Å²) in [6, 6.07) is 62.2. The molecule has 0 aromatic heterocycles. The molecule has 1 aliphatic carbocycles. The molecule has 0 amide bonds. The summed E-state index contributed by atoms with van der Waals surface area (Å²) in [6.07, 6.45) is 0. The van der Waals surface area contributed by atoms with E-state index in [9.17, 15) is 0 Å². The lowest BCUT2D eigenvalue weighted by Crippen LogP contribution is -2.28. The predicted molar refractivity (Wildman–Crippen MR) is 190 cm³/mol. The van der Waals surface area contributed by atoms with Crippen molar-refractivity contribution in [1.29, 1.82) is 0 Å². The Bertz CT molecular complexity index is 2450. The number of rotatable bonds is 3. The Morgan fingerprint density at radius 3 is 1.76 bits per heavy atom. The molecule has 46 heavy (non-hydrogen) atoms. The zero-order chi connectivity index (χ0) is 30.2. The van der Waals surface area contributed by atoms with E-state index in [1.165, 1.54) is 66.1 Å². The van der Waals surface area contributed by atoms with Crippen LogP contribution in [0, 0.1) is 0 Å². The van der Waals surface area contributed by atoms with Gasteiger partial charge in [-0.25, -0.2) is 0 Å². The van der Waals surface area contributed by atoms with Crippen LogP contribution < -0.4 is 4.74 Å². The first-order chi connectivity index (χ1) is 22.8. The van der Waals surface area contributed by atoms with Crippen molar-refractivity contribution in [2.24, 2.45) is 0 Å². The van der Waals surface area contributed by atoms with E-state index in [-0.39, 0.29) is 0 Å². The standard InChI is InChI=1S/C45H28O/c1-3-15-34(16-4-1)45(35-17-5-2-6-18-35)40-27-31(22-23-36(40)39-25-29-12-7-8-13-30(29)26-41(39)45)33-24-32-14-11-20-38-37-19-9-10-21-42(37)46-43(28-33)44(32)38/h1-28H. The molecule has 8 aromatic rings. The number of hydrogen-bond donors (Lipinski definition) is 0. The Labute approximate surface area is 268 Å². The fourth-order valence-electron chi connectivity index (χ4n) is 8.11. The summed E-state index contributed by atoms with van der Waals surface area (Å²) in [4.78, 5) is 0. The number of benzene rings is 8. The zero-order valence-corrected chi connectivity index (χ0v) is 25.1. The van der Waals surface area contributed by atoms with E-state index >= 15 is 0 Å². The van der Waals surface area contributed by atoms with Crippen molar-refractivity contribution < 1.29 is 4.74 Å². The fraction of sp³-hybridized carbons (Fsp3) is 0.0222. The first-order valence-electron chi connectivity index (χ1n) is 15.9. The molecule has 0 N–H and O–H groups in total. The molecule has 0 saturated carbocycles. The predicted octanol–water partition coefficient (Wildman–Crippen LogP) is 11.8. The molecular weight excluding hydrogens is 556 g/mol. The second-order valence-corrected chi connectivity index (χ2v) is 12.5. The van der Waals surface area contributed by atoms with Crippen LogP contribution in [0.5, 0.6) is 11.5 Å². The average molecular weight is 585 g/mol. The van der Waals surface area contributed by atoms with E-state index in [4.69, 9.17) is 4.74 Å². The van der Waals surface area contributed by atoms with Crippen LogP contribution in [0.25, 0.3) is 54.9 Å². The topological polar surface area (TPSA) is 9.23 Å². The first kappa shape index (κ1) is 25.4. The molecule has 0 bridgehead atoms. The number of fused-ring (bicyclic) bond motifs is 6.